The topological polar surface area (TPSA) is 41.6 Å². The highest BCUT2D eigenvalue weighted by Crippen LogP contribution is 2.25. The average molecular weight is 184 g/mol. The number of cyclic esters (lactones) is 1. The van der Waals surface area contributed by atoms with Crippen LogP contribution in [-0.2, 0) is 4.74 Å². The van der Waals surface area contributed by atoms with E-state index in [4.69, 9.17) is 4.74 Å². The lowest BCUT2D eigenvalue weighted by Crippen LogP contribution is -2.58. The van der Waals surface area contributed by atoms with Crippen molar-refractivity contribution in [3.63, 3.8) is 0 Å². The van der Waals surface area contributed by atoms with Gasteiger partial charge in [0.25, 0.3) is 0 Å². The third-order valence-electron chi connectivity index (χ3n) is 2.97. The lowest BCUT2D eigenvalue weighted by Gasteiger charge is -2.36. The summed E-state index contributed by atoms with van der Waals surface area (Å²) in [6.45, 7) is 5.77. The summed E-state index contributed by atoms with van der Waals surface area (Å²) in [5, 5.41) is 3.42. The molecule has 3 atom stereocenters. The Bertz CT molecular complexity index is 220. The van der Waals surface area contributed by atoms with Gasteiger partial charge in [-0.15, -0.1) is 0 Å². The Morgan fingerprint density at radius 3 is 3.15 bits per heavy atom. The van der Waals surface area contributed by atoms with E-state index in [1.807, 2.05) is 11.8 Å². The summed E-state index contributed by atoms with van der Waals surface area (Å²) < 4.78 is 5.19. The molecule has 2 heterocycles. The minimum absolute atomic E-state index is 0.0326. The maximum Gasteiger partial charge on any atom is 0.410 e. The molecule has 2 aliphatic heterocycles. The lowest BCUT2D eigenvalue weighted by atomic mass is 9.98. The number of nitrogens with zero attached hydrogens (tertiary/aromatic N) is 1. The summed E-state index contributed by atoms with van der Waals surface area (Å²) in [7, 11) is 0. The number of carbonyl (C=O) groups is 1. The van der Waals surface area contributed by atoms with Crippen LogP contribution in [0.1, 0.15) is 20.3 Å². The summed E-state index contributed by atoms with van der Waals surface area (Å²) in [5.74, 6) is 0. The Kier molecular flexibility index (Phi) is 2.15. The number of carbonyl (C=O) groups excluding carboxylic acids is 1. The van der Waals surface area contributed by atoms with Crippen LogP contribution >= 0.6 is 0 Å². The molecular formula is C9H16N2O2. The van der Waals surface area contributed by atoms with Gasteiger partial charge in [-0.25, -0.2) is 4.79 Å². The number of fused-ring (bicyclic) bond motifs is 1. The second-order valence-electron chi connectivity index (χ2n) is 3.74. The van der Waals surface area contributed by atoms with Crippen molar-refractivity contribution >= 4 is 6.09 Å². The molecule has 1 N–H and O–H groups in total. The van der Waals surface area contributed by atoms with Crippen molar-refractivity contribution in [2.45, 2.75) is 38.5 Å². The molecule has 4 heteroatoms. The fourth-order valence-corrected chi connectivity index (χ4v) is 2.33. The maximum atomic E-state index is 11.4. The molecule has 0 aromatic heterocycles. The fourth-order valence-electron chi connectivity index (χ4n) is 2.33. The molecule has 1 amide bonds. The van der Waals surface area contributed by atoms with Gasteiger partial charge in [0.15, 0.2) is 0 Å². The summed E-state index contributed by atoms with van der Waals surface area (Å²) in [4.78, 5) is 13.2. The summed E-state index contributed by atoms with van der Waals surface area (Å²) in [6, 6.07) is 0.640. The smallest absolute Gasteiger partial charge is 0.410 e. The number of nitrogens with one attached hydrogen (secondary N) is 1. The number of amides is 1. The first kappa shape index (κ1) is 8.81. The van der Waals surface area contributed by atoms with E-state index in [2.05, 4.69) is 12.2 Å². The molecule has 0 bridgehead atoms. The zero-order valence-corrected chi connectivity index (χ0v) is 8.12. The molecule has 0 unspecified atom stereocenters. The van der Waals surface area contributed by atoms with Gasteiger partial charge in [0.1, 0.15) is 6.10 Å². The number of rotatable bonds is 1. The Morgan fingerprint density at radius 2 is 2.46 bits per heavy atom. The van der Waals surface area contributed by atoms with Crippen LogP contribution in [0, 0.1) is 0 Å². The minimum atomic E-state index is -0.141. The Morgan fingerprint density at radius 1 is 1.69 bits per heavy atom. The molecule has 0 aromatic rings. The zero-order valence-electron chi connectivity index (χ0n) is 8.12. The average Bonchev–Trinajstić information content (AvgIpc) is 2.43. The van der Waals surface area contributed by atoms with Crippen molar-refractivity contribution in [1.29, 1.82) is 0 Å². The first-order valence-electron chi connectivity index (χ1n) is 4.94. The fraction of sp³-hybridized carbons (Fsp3) is 0.889. The van der Waals surface area contributed by atoms with Crippen molar-refractivity contribution in [2.75, 3.05) is 13.1 Å². The molecular weight excluding hydrogens is 168 g/mol. The van der Waals surface area contributed by atoms with Gasteiger partial charge < -0.3 is 10.1 Å². The Labute approximate surface area is 78.2 Å². The second-order valence-corrected chi connectivity index (χ2v) is 3.74. The van der Waals surface area contributed by atoms with Crippen LogP contribution in [0.4, 0.5) is 4.79 Å². The van der Waals surface area contributed by atoms with E-state index in [-0.39, 0.29) is 18.2 Å². The van der Waals surface area contributed by atoms with Crippen LogP contribution in [-0.4, -0.2) is 42.3 Å². The largest absolute Gasteiger partial charge is 0.444 e. The van der Waals surface area contributed by atoms with Gasteiger partial charge in [-0.05, 0) is 13.3 Å². The van der Waals surface area contributed by atoms with Gasteiger partial charge in [-0.1, -0.05) is 6.92 Å². The Balaban J connectivity index is 2.17. The quantitative estimate of drug-likeness (QED) is 0.648. The number of ether oxygens (including phenoxy) is 1. The van der Waals surface area contributed by atoms with Crippen molar-refractivity contribution in [1.82, 2.24) is 10.2 Å². The molecule has 0 saturated carbocycles. The molecule has 0 aromatic carbocycles. The van der Waals surface area contributed by atoms with Gasteiger partial charge in [-0.2, -0.15) is 0 Å². The van der Waals surface area contributed by atoms with Crippen molar-refractivity contribution in [3.8, 4) is 0 Å². The van der Waals surface area contributed by atoms with E-state index in [9.17, 15) is 4.79 Å². The zero-order chi connectivity index (χ0) is 9.42. The van der Waals surface area contributed by atoms with Gasteiger partial charge in [-0.3, -0.25) is 4.90 Å². The highest BCUT2D eigenvalue weighted by molar-refractivity contribution is 5.71. The summed E-state index contributed by atoms with van der Waals surface area (Å²) in [6.07, 6.45) is 0.935. The van der Waals surface area contributed by atoms with Crippen molar-refractivity contribution in [3.05, 3.63) is 0 Å². The van der Waals surface area contributed by atoms with Crippen LogP contribution in [0.2, 0.25) is 0 Å². The van der Waals surface area contributed by atoms with E-state index in [1.165, 1.54) is 0 Å². The summed E-state index contributed by atoms with van der Waals surface area (Å²) >= 11 is 0. The highest BCUT2D eigenvalue weighted by atomic mass is 16.6. The molecule has 0 spiro atoms. The van der Waals surface area contributed by atoms with Gasteiger partial charge in [0.05, 0.1) is 6.04 Å². The van der Waals surface area contributed by atoms with E-state index in [1.54, 1.807) is 0 Å². The predicted molar refractivity (Wildman–Crippen MR) is 48.5 cm³/mol. The highest BCUT2D eigenvalue weighted by Gasteiger charge is 2.44. The number of hydrogen-bond donors (Lipinski definition) is 1. The monoisotopic (exact) mass is 184 g/mol. The molecule has 74 valence electrons. The van der Waals surface area contributed by atoms with Crippen LogP contribution < -0.4 is 5.32 Å². The molecule has 2 aliphatic rings. The first-order valence-corrected chi connectivity index (χ1v) is 4.94. The molecule has 4 nitrogen and oxygen atoms in total. The van der Waals surface area contributed by atoms with Crippen LogP contribution in [0.3, 0.4) is 0 Å². The number of piperazine rings is 1. The van der Waals surface area contributed by atoms with Crippen LogP contribution in [0.15, 0.2) is 0 Å². The van der Waals surface area contributed by atoms with E-state index in [0.717, 1.165) is 19.5 Å². The van der Waals surface area contributed by atoms with Gasteiger partial charge >= 0.3 is 6.09 Å². The predicted octanol–water partition coefficient (Wildman–Crippen LogP) is 0.577. The maximum absolute atomic E-state index is 11.4. The third-order valence-corrected chi connectivity index (χ3v) is 2.97. The second kappa shape index (κ2) is 3.18. The molecule has 2 fully saturated rings. The van der Waals surface area contributed by atoms with Crippen molar-refractivity contribution < 1.29 is 9.53 Å². The molecule has 0 radical (unpaired) electrons. The first-order chi connectivity index (χ1) is 6.24. The van der Waals surface area contributed by atoms with Gasteiger partial charge in [0, 0.05) is 19.1 Å². The van der Waals surface area contributed by atoms with Crippen LogP contribution in [0.5, 0.6) is 0 Å². The van der Waals surface area contributed by atoms with E-state index in [0.29, 0.717) is 6.04 Å². The van der Waals surface area contributed by atoms with Crippen LogP contribution in [0.25, 0.3) is 0 Å². The van der Waals surface area contributed by atoms with Crippen molar-refractivity contribution in [2.24, 2.45) is 0 Å². The molecule has 0 aliphatic carbocycles. The molecule has 13 heavy (non-hydrogen) atoms. The normalized spacial score (nSPS) is 38.8. The van der Waals surface area contributed by atoms with E-state index < -0.39 is 0 Å². The standard InChI is InChI=1S/C9H16N2O2/c1-3-7-8-6(2)13-9(12)11(8)5-4-10-7/h6-8,10H,3-5H2,1-2H3/t6-,7-,8+/m0/s1. The number of hydrogen-bond acceptors (Lipinski definition) is 3. The minimum Gasteiger partial charge on any atom is -0.444 e. The molecule has 2 saturated heterocycles. The van der Waals surface area contributed by atoms with Gasteiger partial charge in [0.2, 0.25) is 0 Å². The third kappa shape index (κ3) is 1.29. The van der Waals surface area contributed by atoms with E-state index >= 15 is 0 Å². The Hall–Kier alpha value is -0.770. The lowest BCUT2D eigenvalue weighted by molar-refractivity contribution is 0.136. The molecule has 2 rings (SSSR count). The SMILES string of the molecule is CC[C@@H]1NCCN2C(=O)O[C@@H](C)[C@H]12. The summed E-state index contributed by atoms with van der Waals surface area (Å²) in [5.41, 5.74) is 0.